The van der Waals surface area contributed by atoms with Gasteiger partial charge in [-0.3, -0.25) is 9.59 Å². The summed E-state index contributed by atoms with van der Waals surface area (Å²) in [5.41, 5.74) is 7.15. The molecule has 1 aliphatic rings. The quantitative estimate of drug-likeness (QED) is 0.873. The minimum absolute atomic E-state index is 0.0523. The van der Waals surface area contributed by atoms with Crippen LogP contribution < -0.4 is 11.1 Å². The predicted octanol–water partition coefficient (Wildman–Crippen LogP) is 2.37. The van der Waals surface area contributed by atoms with E-state index in [4.69, 9.17) is 5.73 Å². The Morgan fingerprint density at radius 1 is 1.24 bits per heavy atom. The van der Waals surface area contributed by atoms with E-state index in [-0.39, 0.29) is 11.3 Å². The van der Waals surface area contributed by atoms with Crippen LogP contribution in [-0.4, -0.2) is 17.9 Å². The zero-order valence-electron chi connectivity index (χ0n) is 13.0. The predicted molar refractivity (Wildman–Crippen MR) is 82.9 cm³/mol. The first-order chi connectivity index (χ1) is 9.77. The highest BCUT2D eigenvalue weighted by Gasteiger charge is 2.29. The van der Waals surface area contributed by atoms with E-state index in [1.807, 2.05) is 12.1 Å². The minimum atomic E-state index is -0.563. The third kappa shape index (κ3) is 4.31. The van der Waals surface area contributed by atoms with Gasteiger partial charge in [0.25, 0.3) is 5.91 Å². The third-order valence-corrected chi connectivity index (χ3v) is 3.93. The second-order valence-electron chi connectivity index (χ2n) is 6.93. The van der Waals surface area contributed by atoms with Crippen LogP contribution in [0.4, 0.5) is 0 Å². The molecule has 0 radical (unpaired) electrons. The molecule has 0 spiro atoms. The summed E-state index contributed by atoms with van der Waals surface area (Å²) in [5.74, 6) is -0.160. The second-order valence-corrected chi connectivity index (χ2v) is 6.93. The number of hydrogen-bond donors (Lipinski definition) is 2. The first-order valence-corrected chi connectivity index (χ1v) is 7.48. The molecule has 1 aromatic carbocycles. The fourth-order valence-corrected chi connectivity index (χ4v) is 2.30. The largest absolute Gasteiger partial charge is 0.368 e. The third-order valence-electron chi connectivity index (χ3n) is 3.93. The van der Waals surface area contributed by atoms with Crippen LogP contribution in [0.2, 0.25) is 0 Å². The molecule has 0 bridgehead atoms. The van der Waals surface area contributed by atoms with E-state index < -0.39 is 11.9 Å². The lowest BCUT2D eigenvalue weighted by Crippen LogP contribution is -2.44. The highest BCUT2D eigenvalue weighted by molar-refractivity contribution is 5.97. The van der Waals surface area contributed by atoms with Crippen molar-refractivity contribution in [3.8, 4) is 0 Å². The Bertz CT molecular complexity index is 525. The highest BCUT2D eigenvalue weighted by atomic mass is 16.2. The van der Waals surface area contributed by atoms with Gasteiger partial charge in [0.05, 0.1) is 0 Å². The summed E-state index contributed by atoms with van der Waals surface area (Å²) >= 11 is 0. The average Bonchev–Trinajstić information content (AvgIpc) is 3.21. The van der Waals surface area contributed by atoms with Crippen molar-refractivity contribution in [1.82, 2.24) is 5.32 Å². The molecule has 0 aliphatic heterocycles. The number of nitrogens with one attached hydrogen (secondary N) is 1. The van der Waals surface area contributed by atoms with Gasteiger partial charge in [-0.05, 0) is 35.4 Å². The molecule has 2 amide bonds. The molecule has 0 heterocycles. The number of primary amides is 1. The van der Waals surface area contributed by atoms with E-state index in [0.29, 0.717) is 17.9 Å². The summed E-state index contributed by atoms with van der Waals surface area (Å²) in [6.45, 7) is 6.38. The standard InChI is InChI=1S/C17H24N2O2/c1-17(2,3)13-8-6-12(7-9-13)16(21)19-14(15(18)20)10-11-4-5-11/h6-9,11,14H,4-5,10H2,1-3H3,(H2,18,20)(H,19,21)/t14-/m0/s1. The van der Waals surface area contributed by atoms with Gasteiger partial charge in [-0.1, -0.05) is 45.7 Å². The molecule has 0 aromatic heterocycles. The smallest absolute Gasteiger partial charge is 0.251 e. The Hall–Kier alpha value is -1.84. The Labute approximate surface area is 126 Å². The van der Waals surface area contributed by atoms with Gasteiger partial charge in [-0.25, -0.2) is 0 Å². The number of rotatable bonds is 5. The summed E-state index contributed by atoms with van der Waals surface area (Å²) in [5, 5.41) is 2.75. The lowest BCUT2D eigenvalue weighted by Gasteiger charge is -2.19. The van der Waals surface area contributed by atoms with Crippen LogP contribution in [0.25, 0.3) is 0 Å². The average molecular weight is 288 g/mol. The fraction of sp³-hybridized carbons (Fsp3) is 0.529. The molecule has 4 heteroatoms. The Morgan fingerprint density at radius 2 is 1.81 bits per heavy atom. The molecule has 21 heavy (non-hydrogen) atoms. The van der Waals surface area contributed by atoms with Crippen molar-refractivity contribution in [2.24, 2.45) is 11.7 Å². The monoisotopic (exact) mass is 288 g/mol. The molecule has 0 unspecified atom stereocenters. The van der Waals surface area contributed by atoms with Crippen LogP contribution in [0.1, 0.15) is 56.0 Å². The molecule has 114 valence electrons. The van der Waals surface area contributed by atoms with Gasteiger partial charge in [-0.2, -0.15) is 0 Å². The van der Waals surface area contributed by atoms with Crippen molar-refractivity contribution in [3.05, 3.63) is 35.4 Å². The van der Waals surface area contributed by atoms with Crippen LogP contribution >= 0.6 is 0 Å². The van der Waals surface area contributed by atoms with Crippen LogP contribution in [-0.2, 0) is 10.2 Å². The van der Waals surface area contributed by atoms with E-state index in [0.717, 1.165) is 12.8 Å². The first kappa shape index (κ1) is 15.5. The number of hydrogen-bond acceptors (Lipinski definition) is 2. The molecule has 4 nitrogen and oxygen atoms in total. The molecular weight excluding hydrogens is 264 g/mol. The van der Waals surface area contributed by atoms with Gasteiger partial charge < -0.3 is 11.1 Å². The lowest BCUT2D eigenvalue weighted by molar-refractivity contribution is -0.120. The van der Waals surface area contributed by atoms with Crippen LogP contribution in [0.5, 0.6) is 0 Å². The van der Waals surface area contributed by atoms with Gasteiger partial charge in [0.2, 0.25) is 5.91 Å². The summed E-state index contributed by atoms with van der Waals surface area (Å²) in [6.07, 6.45) is 2.90. The lowest BCUT2D eigenvalue weighted by atomic mass is 9.86. The summed E-state index contributed by atoms with van der Waals surface area (Å²) in [4.78, 5) is 23.6. The molecular formula is C17H24N2O2. The number of nitrogens with two attached hydrogens (primary N) is 1. The molecule has 1 atom stereocenters. The van der Waals surface area contributed by atoms with E-state index in [1.165, 1.54) is 5.56 Å². The van der Waals surface area contributed by atoms with E-state index in [2.05, 4.69) is 26.1 Å². The summed E-state index contributed by atoms with van der Waals surface area (Å²) in [7, 11) is 0. The SMILES string of the molecule is CC(C)(C)c1ccc(C(=O)N[C@@H](CC2CC2)C(N)=O)cc1. The number of carbonyl (C=O) groups excluding carboxylic acids is 2. The molecule has 1 fully saturated rings. The number of benzene rings is 1. The molecule has 0 saturated heterocycles. The van der Waals surface area contributed by atoms with E-state index >= 15 is 0 Å². The minimum Gasteiger partial charge on any atom is -0.368 e. The maximum Gasteiger partial charge on any atom is 0.251 e. The van der Waals surface area contributed by atoms with Gasteiger partial charge in [0.15, 0.2) is 0 Å². The summed E-state index contributed by atoms with van der Waals surface area (Å²) < 4.78 is 0. The second kappa shape index (κ2) is 5.88. The van der Waals surface area contributed by atoms with Gasteiger partial charge in [-0.15, -0.1) is 0 Å². The van der Waals surface area contributed by atoms with Crippen molar-refractivity contribution >= 4 is 11.8 Å². The Balaban J connectivity index is 2.03. The van der Waals surface area contributed by atoms with Crippen molar-refractivity contribution in [1.29, 1.82) is 0 Å². The van der Waals surface area contributed by atoms with Crippen molar-refractivity contribution in [3.63, 3.8) is 0 Å². The summed E-state index contributed by atoms with van der Waals surface area (Å²) in [6, 6.07) is 6.94. The van der Waals surface area contributed by atoms with E-state index in [9.17, 15) is 9.59 Å². The van der Waals surface area contributed by atoms with Crippen LogP contribution in [0.15, 0.2) is 24.3 Å². The first-order valence-electron chi connectivity index (χ1n) is 7.48. The molecule has 1 saturated carbocycles. The topological polar surface area (TPSA) is 72.2 Å². The van der Waals surface area contributed by atoms with Crippen molar-refractivity contribution in [2.75, 3.05) is 0 Å². The van der Waals surface area contributed by atoms with Gasteiger partial charge >= 0.3 is 0 Å². The van der Waals surface area contributed by atoms with Crippen LogP contribution in [0, 0.1) is 5.92 Å². The van der Waals surface area contributed by atoms with Gasteiger partial charge in [0.1, 0.15) is 6.04 Å². The maximum atomic E-state index is 12.2. The Kier molecular flexibility index (Phi) is 4.35. The maximum absolute atomic E-state index is 12.2. The molecule has 1 aliphatic carbocycles. The number of carbonyl (C=O) groups is 2. The van der Waals surface area contributed by atoms with E-state index in [1.54, 1.807) is 12.1 Å². The highest BCUT2D eigenvalue weighted by Crippen LogP contribution is 2.33. The Morgan fingerprint density at radius 3 is 2.24 bits per heavy atom. The zero-order valence-corrected chi connectivity index (χ0v) is 13.0. The molecule has 1 aromatic rings. The normalized spacial score (nSPS) is 16.3. The number of amides is 2. The van der Waals surface area contributed by atoms with Crippen molar-refractivity contribution < 1.29 is 9.59 Å². The van der Waals surface area contributed by atoms with Crippen molar-refractivity contribution in [2.45, 2.75) is 51.5 Å². The zero-order chi connectivity index (χ0) is 15.6. The van der Waals surface area contributed by atoms with Gasteiger partial charge in [0, 0.05) is 5.56 Å². The fourth-order valence-electron chi connectivity index (χ4n) is 2.30. The van der Waals surface area contributed by atoms with Crippen LogP contribution in [0.3, 0.4) is 0 Å². The molecule has 3 N–H and O–H groups in total. The molecule has 2 rings (SSSR count).